The fourth-order valence-corrected chi connectivity index (χ4v) is 2.06. The summed E-state index contributed by atoms with van der Waals surface area (Å²) in [5, 5.41) is 2.67. The Labute approximate surface area is 127 Å². The fraction of sp³-hybridized carbons (Fsp3) is 0.250. The number of ether oxygens (including phenoxy) is 1. The van der Waals surface area contributed by atoms with Crippen LogP contribution in [0.1, 0.15) is 34.6 Å². The van der Waals surface area contributed by atoms with E-state index >= 15 is 0 Å². The highest BCUT2D eigenvalue weighted by molar-refractivity contribution is 5.94. The van der Waals surface area contributed by atoms with Crippen molar-refractivity contribution in [2.75, 3.05) is 7.11 Å². The molecule has 0 aliphatic rings. The first kappa shape index (κ1) is 15.8. The van der Waals surface area contributed by atoms with Gasteiger partial charge in [-0.05, 0) is 43.7 Å². The van der Waals surface area contributed by atoms with Crippen LogP contribution in [0.3, 0.4) is 0 Å². The molecule has 6 heteroatoms. The highest BCUT2D eigenvalue weighted by atomic mass is 19.1. The Bertz CT molecular complexity index is 755. The lowest BCUT2D eigenvalue weighted by Gasteiger charge is -2.15. The van der Waals surface area contributed by atoms with Crippen molar-refractivity contribution in [3.05, 3.63) is 63.3 Å². The number of halogens is 1. The summed E-state index contributed by atoms with van der Waals surface area (Å²) in [6.45, 7) is 3.44. The number of nitrogens with one attached hydrogen (secondary N) is 2. The molecule has 2 aromatic rings. The van der Waals surface area contributed by atoms with E-state index in [0.29, 0.717) is 11.3 Å². The zero-order chi connectivity index (χ0) is 16.3. The van der Waals surface area contributed by atoms with Crippen molar-refractivity contribution >= 4 is 5.91 Å². The van der Waals surface area contributed by atoms with E-state index in [1.165, 1.54) is 25.3 Å². The van der Waals surface area contributed by atoms with Crippen molar-refractivity contribution < 1.29 is 13.9 Å². The summed E-state index contributed by atoms with van der Waals surface area (Å²) in [7, 11) is 1.38. The molecule has 0 bridgehead atoms. The first-order chi connectivity index (χ1) is 10.4. The largest absolute Gasteiger partial charge is 0.494 e. The maximum Gasteiger partial charge on any atom is 0.260 e. The van der Waals surface area contributed by atoms with Crippen molar-refractivity contribution in [1.29, 1.82) is 0 Å². The second kappa shape index (κ2) is 6.43. The van der Waals surface area contributed by atoms with Gasteiger partial charge in [0.25, 0.3) is 11.5 Å². The predicted molar refractivity (Wildman–Crippen MR) is 80.6 cm³/mol. The molecule has 2 N–H and O–H groups in total. The minimum Gasteiger partial charge on any atom is -0.494 e. The third-order valence-corrected chi connectivity index (χ3v) is 3.32. The molecule has 0 aliphatic carbocycles. The molecule has 116 valence electrons. The van der Waals surface area contributed by atoms with Crippen LogP contribution in [-0.4, -0.2) is 18.0 Å². The Hall–Kier alpha value is -2.63. The van der Waals surface area contributed by atoms with E-state index < -0.39 is 23.3 Å². The summed E-state index contributed by atoms with van der Waals surface area (Å²) in [4.78, 5) is 26.4. The van der Waals surface area contributed by atoms with Crippen molar-refractivity contribution in [2.24, 2.45) is 0 Å². The molecule has 0 aliphatic heterocycles. The maximum absolute atomic E-state index is 13.7. The monoisotopic (exact) mass is 304 g/mol. The molecule has 1 heterocycles. The summed E-state index contributed by atoms with van der Waals surface area (Å²) in [5.74, 6) is -0.878. The average molecular weight is 304 g/mol. The van der Waals surface area contributed by atoms with Crippen LogP contribution in [0.25, 0.3) is 0 Å². The molecule has 1 aromatic heterocycles. The Kier molecular flexibility index (Phi) is 4.60. The lowest BCUT2D eigenvalue weighted by Crippen LogP contribution is -2.31. The van der Waals surface area contributed by atoms with E-state index in [-0.39, 0.29) is 11.3 Å². The van der Waals surface area contributed by atoms with Crippen LogP contribution in [0.5, 0.6) is 5.75 Å². The Morgan fingerprint density at radius 1 is 1.32 bits per heavy atom. The second-order valence-electron chi connectivity index (χ2n) is 4.97. The van der Waals surface area contributed by atoms with Crippen LogP contribution in [0.15, 0.2) is 35.1 Å². The van der Waals surface area contributed by atoms with Gasteiger partial charge in [-0.15, -0.1) is 0 Å². The van der Waals surface area contributed by atoms with Gasteiger partial charge < -0.3 is 15.0 Å². The predicted octanol–water partition coefficient (Wildman–Crippen LogP) is 2.32. The lowest BCUT2D eigenvalue weighted by molar-refractivity contribution is 0.0938. The van der Waals surface area contributed by atoms with Crippen LogP contribution in [0.4, 0.5) is 4.39 Å². The minimum atomic E-state index is -0.509. The molecule has 1 aromatic carbocycles. The van der Waals surface area contributed by atoms with Crippen LogP contribution in [0, 0.1) is 12.7 Å². The third-order valence-electron chi connectivity index (χ3n) is 3.32. The number of rotatable bonds is 4. The number of aromatic nitrogens is 1. The number of pyridine rings is 1. The highest BCUT2D eigenvalue weighted by Crippen LogP contribution is 2.21. The number of H-pyrrole nitrogens is 1. The SMILES string of the molecule is COc1ccc([C@@H](C)NC(=O)c2ccc(C)[nH]c2=O)cc1F. The molecule has 1 atom stereocenters. The number of carbonyl (C=O) groups is 1. The van der Waals surface area contributed by atoms with Crippen LogP contribution >= 0.6 is 0 Å². The number of amides is 1. The molecular weight excluding hydrogens is 287 g/mol. The number of hydrogen-bond acceptors (Lipinski definition) is 3. The molecule has 0 radical (unpaired) electrons. The number of aromatic amines is 1. The lowest BCUT2D eigenvalue weighted by atomic mass is 10.1. The fourth-order valence-electron chi connectivity index (χ4n) is 2.06. The quantitative estimate of drug-likeness (QED) is 0.910. The summed E-state index contributed by atoms with van der Waals surface area (Å²) >= 11 is 0. The molecule has 22 heavy (non-hydrogen) atoms. The van der Waals surface area contributed by atoms with Gasteiger partial charge in [-0.2, -0.15) is 0 Å². The van der Waals surface area contributed by atoms with E-state index in [4.69, 9.17) is 4.74 Å². The molecular formula is C16H17FN2O3. The van der Waals surface area contributed by atoms with Gasteiger partial charge in [-0.1, -0.05) is 6.07 Å². The number of benzene rings is 1. The van der Waals surface area contributed by atoms with E-state index in [0.717, 1.165) is 0 Å². The summed E-state index contributed by atoms with van der Waals surface area (Å²) in [5.41, 5.74) is 0.819. The van der Waals surface area contributed by atoms with Crippen LogP contribution in [0.2, 0.25) is 0 Å². The van der Waals surface area contributed by atoms with Crippen molar-refractivity contribution in [2.45, 2.75) is 19.9 Å². The zero-order valence-electron chi connectivity index (χ0n) is 12.6. The molecule has 0 saturated carbocycles. The van der Waals surface area contributed by atoms with Gasteiger partial charge in [0, 0.05) is 5.69 Å². The Morgan fingerprint density at radius 2 is 2.05 bits per heavy atom. The van der Waals surface area contributed by atoms with Gasteiger partial charge in [0.1, 0.15) is 5.56 Å². The first-order valence-corrected chi connectivity index (χ1v) is 6.76. The van der Waals surface area contributed by atoms with Crippen LogP contribution < -0.4 is 15.6 Å². The average Bonchev–Trinajstić information content (AvgIpc) is 2.46. The number of aryl methyl sites for hydroxylation is 1. The highest BCUT2D eigenvalue weighted by Gasteiger charge is 2.15. The Balaban J connectivity index is 2.17. The number of methoxy groups -OCH3 is 1. The van der Waals surface area contributed by atoms with E-state index in [1.54, 1.807) is 26.0 Å². The third kappa shape index (κ3) is 3.33. The summed E-state index contributed by atoms with van der Waals surface area (Å²) < 4.78 is 18.5. The van der Waals surface area contributed by atoms with Crippen LogP contribution in [-0.2, 0) is 0 Å². The molecule has 0 saturated heterocycles. The molecule has 0 unspecified atom stereocenters. The number of carbonyl (C=O) groups excluding carboxylic acids is 1. The topological polar surface area (TPSA) is 71.2 Å². The first-order valence-electron chi connectivity index (χ1n) is 6.76. The van der Waals surface area contributed by atoms with Crippen molar-refractivity contribution in [3.8, 4) is 5.75 Å². The molecule has 0 spiro atoms. The smallest absolute Gasteiger partial charge is 0.260 e. The summed E-state index contributed by atoms with van der Waals surface area (Å²) in [6, 6.07) is 7.11. The van der Waals surface area contributed by atoms with Gasteiger partial charge in [-0.3, -0.25) is 9.59 Å². The van der Waals surface area contributed by atoms with E-state index in [9.17, 15) is 14.0 Å². The Morgan fingerprint density at radius 3 is 2.64 bits per heavy atom. The number of hydrogen-bond donors (Lipinski definition) is 2. The van der Waals surface area contributed by atoms with Gasteiger partial charge in [0.05, 0.1) is 13.2 Å². The van der Waals surface area contributed by atoms with Crippen molar-refractivity contribution in [1.82, 2.24) is 10.3 Å². The van der Waals surface area contributed by atoms with E-state index in [1.807, 2.05) is 0 Å². The normalized spacial score (nSPS) is 11.8. The second-order valence-corrected chi connectivity index (χ2v) is 4.97. The van der Waals surface area contributed by atoms with Gasteiger partial charge >= 0.3 is 0 Å². The molecule has 5 nitrogen and oxygen atoms in total. The van der Waals surface area contributed by atoms with Gasteiger partial charge in [0.15, 0.2) is 11.6 Å². The minimum absolute atomic E-state index is 0.0198. The summed E-state index contributed by atoms with van der Waals surface area (Å²) in [6.07, 6.45) is 0. The van der Waals surface area contributed by atoms with E-state index in [2.05, 4.69) is 10.3 Å². The molecule has 2 rings (SSSR count). The molecule has 1 amide bonds. The standard InChI is InChI=1S/C16H17FN2O3/c1-9-4-6-12(15(20)18-9)16(21)19-10(2)11-5-7-14(22-3)13(17)8-11/h4-8,10H,1-3H3,(H,18,20)(H,19,21)/t10-/m1/s1. The zero-order valence-corrected chi connectivity index (χ0v) is 12.6. The van der Waals surface area contributed by atoms with Gasteiger partial charge in [-0.25, -0.2) is 4.39 Å². The molecule has 0 fully saturated rings. The maximum atomic E-state index is 13.7. The van der Waals surface area contributed by atoms with Crippen molar-refractivity contribution in [3.63, 3.8) is 0 Å². The van der Waals surface area contributed by atoms with Gasteiger partial charge in [0.2, 0.25) is 0 Å².